The summed E-state index contributed by atoms with van der Waals surface area (Å²) in [6.07, 6.45) is 0.726. The first-order valence-electron chi connectivity index (χ1n) is 9.75. The van der Waals surface area contributed by atoms with Crippen molar-refractivity contribution in [3.05, 3.63) is 65.5 Å². The standard InChI is InChI=1S/C22H22FN3O4/c1-30-17-8-2-13(3-9-17)10-18-22(29)26-12-16(11-19(26)21(28)25-18)24-20(27)14-4-6-15(23)7-5-14/h2-9,16,18-19H,10-12H2,1H3,(H,24,27)(H,25,28)/t16-,18-,19-/m0/s1. The van der Waals surface area contributed by atoms with Crippen molar-refractivity contribution in [2.24, 2.45) is 0 Å². The lowest BCUT2D eigenvalue weighted by molar-refractivity contribution is -0.147. The van der Waals surface area contributed by atoms with Crippen molar-refractivity contribution in [1.82, 2.24) is 15.5 Å². The van der Waals surface area contributed by atoms with Crippen LogP contribution in [0.5, 0.6) is 5.75 Å². The van der Waals surface area contributed by atoms with Gasteiger partial charge in [-0.15, -0.1) is 0 Å². The van der Waals surface area contributed by atoms with E-state index in [-0.39, 0.29) is 30.3 Å². The zero-order chi connectivity index (χ0) is 21.3. The molecule has 2 aliphatic heterocycles. The third-order valence-electron chi connectivity index (χ3n) is 5.54. The Morgan fingerprint density at radius 2 is 1.87 bits per heavy atom. The molecule has 0 unspecified atom stereocenters. The monoisotopic (exact) mass is 411 g/mol. The SMILES string of the molecule is COc1ccc(C[C@@H]2NC(=O)[C@@H]3C[C@H](NC(=O)c4ccc(F)cc4)CN3C2=O)cc1. The first-order chi connectivity index (χ1) is 14.4. The number of hydrogen-bond acceptors (Lipinski definition) is 4. The van der Waals surface area contributed by atoms with Crippen LogP contribution in [0.2, 0.25) is 0 Å². The van der Waals surface area contributed by atoms with E-state index in [1.54, 1.807) is 12.0 Å². The number of carbonyl (C=O) groups is 3. The van der Waals surface area contributed by atoms with Crippen LogP contribution in [0, 0.1) is 5.82 Å². The number of rotatable bonds is 5. The summed E-state index contributed by atoms with van der Waals surface area (Å²) in [6.45, 7) is 0.267. The Hall–Kier alpha value is -3.42. The Labute approximate surface area is 173 Å². The van der Waals surface area contributed by atoms with Gasteiger partial charge in [-0.25, -0.2) is 4.39 Å². The lowest BCUT2D eigenvalue weighted by Crippen LogP contribution is -2.61. The highest BCUT2D eigenvalue weighted by Gasteiger charge is 2.46. The van der Waals surface area contributed by atoms with Gasteiger partial charge in [-0.1, -0.05) is 12.1 Å². The molecular weight excluding hydrogens is 389 g/mol. The van der Waals surface area contributed by atoms with Gasteiger partial charge in [0.1, 0.15) is 23.7 Å². The molecule has 2 aromatic carbocycles. The molecule has 156 valence electrons. The number of piperazine rings is 1. The molecule has 7 nitrogen and oxygen atoms in total. The molecule has 2 N–H and O–H groups in total. The molecule has 30 heavy (non-hydrogen) atoms. The lowest BCUT2D eigenvalue weighted by Gasteiger charge is -2.34. The quantitative estimate of drug-likeness (QED) is 0.776. The van der Waals surface area contributed by atoms with E-state index in [0.29, 0.717) is 18.4 Å². The molecule has 2 heterocycles. The molecule has 3 atom stereocenters. The fourth-order valence-corrected chi connectivity index (χ4v) is 3.97. The van der Waals surface area contributed by atoms with E-state index in [0.717, 1.165) is 11.3 Å². The molecule has 3 amide bonds. The topological polar surface area (TPSA) is 87.7 Å². The largest absolute Gasteiger partial charge is 0.497 e. The highest BCUT2D eigenvalue weighted by Crippen LogP contribution is 2.24. The van der Waals surface area contributed by atoms with Gasteiger partial charge in [0.15, 0.2) is 0 Å². The average molecular weight is 411 g/mol. The second-order valence-electron chi connectivity index (χ2n) is 7.53. The van der Waals surface area contributed by atoms with E-state index in [2.05, 4.69) is 10.6 Å². The lowest BCUT2D eigenvalue weighted by atomic mass is 10.0. The van der Waals surface area contributed by atoms with Crippen molar-refractivity contribution in [2.75, 3.05) is 13.7 Å². The Morgan fingerprint density at radius 3 is 2.53 bits per heavy atom. The Kier molecular flexibility index (Phi) is 5.39. The summed E-state index contributed by atoms with van der Waals surface area (Å²) >= 11 is 0. The van der Waals surface area contributed by atoms with Crippen molar-refractivity contribution >= 4 is 17.7 Å². The predicted octanol–water partition coefficient (Wildman–Crippen LogP) is 1.27. The number of nitrogens with one attached hydrogen (secondary N) is 2. The number of nitrogens with zero attached hydrogens (tertiary/aromatic N) is 1. The van der Waals surface area contributed by atoms with Gasteiger partial charge in [0.05, 0.1) is 7.11 Å². The zero-order valence-corrected chi connectivity index (χ0v) is 16.4. The maximum Gasteiger partial charge on any atom is 0.251 e. The van der Waals surface area contributed by atoms with Gasteiger partial charge in [0, 0.05) is 24.6 Å². The van der Waals surface area contributed by atoms with Crippen LogP contribution in [0.1, 0.15) is 22.3 Å². The van der Waals surface area contributed by atoms with E-state index in [9.17, 15) is 18.8 Å². The molecule has 0 radical (unpaired) electrons. The second kappa shape index (κ2) is 8.14. The molecule has 0 spiro atoms. The van der Waals surface area contributed by atoms with E-state index in [4.69, 9.17) is 4.74 Å². The minimum Gasteiger partial charge on any atom is -0.497 e. The Morgan fingerprint density at radius 1 is 1.17 bits per heavy atom. The second-order valence-corrected chi connectivity index (χ2v) is 7.53. The van der Waals surface area contributed by atoms with Gasteiger partial charge in [0.25, 0.3) is 5.91 Å². The number of carbonyl (C=O) groups excluding carboxylic acids is 3. The van der Waals surface area contributed by atoms with Crippen LogP contribution in [0.15, 0.2) is 48.5 Å². The number of benzene rings is 2. The van der Waals surface area contributed by atoms with Gasteiger partial charge in [-0.2, -0.15) is 0 Å². The van der Waals surface area contributed by atoms with Crippen LogP contribution in [0.3, 0.4) is 0 Å². The summed E-state index contributed by atoms with van der Waals surface area (Å²) in [6, 6.07) is 11.0. The first kappa shape index (κ1) is 19.9. The van der Waals surface area contributed by atoms with Crippen molar-refractivity contribution < 1.29 is 23.5 Å². The van der Waals surface area contributed by atoms with Crippen molar-refractivity contribution in [3.8, 4) is 5.75 Å². The summed E-state index contributed by atoms with van der Waals surface area (Å²) in [5.41, 5.74) is 1.24. The molecule has 2 saturated heterocycles. The first-order valence-corrected chi connectivity index (χ1v) is 9.75. The minimum atomic E-state index is -0.645. The summed E-state index contributed by atoms with van der Waals surface area (Å²) in [4.78, 5) is 39.5. The number of ether oxygens (including phenoxy) is 1. The van der Waals surface area contributed by atoms with E-state index in [1.807, 2.05) is 24.3 Å². The summed E-state index contributed by atoms with van der Waals surface area (Å²) in [7, 11) is 1.58. The van der Waals surface area contributed by atoms with Gasteiger partial charge in [-0.3, -0.25) is 14.4 Å². The highest BCUT2D eigenvalue weighted by molar-refractivity contribution is 5.98. The average Bonchev–Trinajstić information content (AvgIpc) is 3.17. The molecule has 0 bridgehead atoms. The molecule has 2 aliphatic rings. The van der Waals surface area contributed by atoms with Crippen molar-refractivity contribution in [1.29, 1.82) is 0 Å². The Bertz CT molecular complexity index is 961. The molecule has 0 aromatic heterocycles. The summed E-state index contributed by atoms with van der Waals surface area (Å²) in [5, 5.41) is 5.65. The molecule has 0 aliphatic carbocycles. The number of amides is 3. The number of methoxy groups -OCH3 is 1. The van der Waals surface area contributed by atoms with Crippen LogP contribution in [0.4, 0.5) is 4.39 Å². The molecule has 4 rings (SSSR count). The van der Waals surface area contributed by atoms with Crippen LogP contribution < -0.4 is 15.4 Å². The van der Waals surface area contributed by atoms with Crippen LogP contribution in [-0.2, 0) is 16.0 Å². The third-order valence-corrected chi connectivity index (χ3v) is 5.54. The van der Waals surface area contributed by atoms with Crippen LogP contribution in [0.25, 0.3) is 0 Å². The van der Waals surface area contributed by atoms with Gasteiger partial charge < -0.3 is 20.3 Å². The number of hydrogen-bond donors (Lipinski definition) is 2. The molecule has 2 aromatic rings. The van der Waals surface area contributed by atoms with Crippen LogP contribution in [-0.4, -0.2) is 54.4 Å². The zero-order valence-electron chi connectivity index (χ0n) is 16.4. The maximum absolute atomic E-state index is 13.0. The summed E-state index contributed by atoms with van der Waals surface area (Å²) < 4.78 is 18.2. The number of fused-ring (bicyclic) bond motifs is 1. The van der Waals surface area contributed by atoms with Crippen molar-refractivity contribution in [2.45, 2.75) is 31.0 Å². The smallest absolute Gasteiger partial charge is 0.251 e. The molecular formula is C22H22FN3O4. The summed E-state index contributed by atoms with van der Waals surface area (Å²) in [5.74, 6) is -0.435. The van der Waals surface area contributed by atoms with Crippen LogP contribution >= 0.6 is 0 Å². The van der Waals surface area contributed by atoms with Gasteiger partial charge in [0.2, 0.25) is 11.8 Å². The van der Waals surface area contributed by atoms with E-state index >= 15 is 0 Å². The van der Waals surface area contributed by atoms with Gasteiger partial charge >= 0.3 is 0 Å². The highest BCUT2D eigenvalue weighted by atomic mass is 19.1. The fourth-order valence-electron chi connectivity index (χ4n) is 3.97. The normalized spacial score (nSPS) is 23.0. The van der Waals surface area contributed by atoms with E-state index in [1.165, 1.54) is 24.3 Å². The third kappa shape index (κ3) is 3.98. The number of halogens is 1. The Balaban J connectivity index is 1.41. The molecule has 0 saturated carbocycles. The molecule has 8 heteroatoms. The van der Waals surface area contributed by atoms with E-state index < -0.39 is 17.9 Å². The molecule has 2 fully saturated rings. The fraction of sp³-hybridized carbons (Fsp3) is 0.318. The van der Waals surface area contributed by atoms with Crippen molar-refractivity contribution in [3.63, 3.8) is 0 Å². The van der Waals surface area contributed by atoms with Gasteiger partial charge in [-0.05, 0) is 48.4 Å². The minimum absolute atomic E-state index is 0.158. The predicted molar refractivity (Wildman–Crippen MR) is 106 cm³/mol. The maximum atomic E-state index is 13.0.